The highest BCUT2D eigenvalue weighted by Crippen LogP contribution is 2.35. The molecule has 0 unspecified atom stereocenters. The average molecular weight is 439 g/mol. The van der Waals surface area contributed by atoms with Crippen LogP contribution in [0, 0.1) is 6.92 Å². The Bertz CT molecular complexity index is 1000. The van der Waals surface area contributed by atoms with Crippen LogP contribution in [-0.4, -0.2) is 56.0 Å². The summed E-state index contributed by atoms with van der Waals surface area (Å²) in [5.74, 6) is 0.328. The summed E-state index contributed by atoms with van der Waals surface area (Å²) < 4.78 is 53.9. The molecule has 2 rings (SSSR count). The summed E-state index contributed by atoms with van der Waals surface area (Å²) in [5.41, 5.74) is 0.613. The molecular formula is C20H25NO8S. The predicted octanol–water partition coefficient (Wildman–Crippen LogP) is 2.62. The van der Waals surface area contributed by atoms with Crippen molar-refractivity contribution in [1.29, 1.82) is 0 Å². The molecule has 164 valence electrons. The van der Waals surface area contributed by atoms with Crippen molar-refractivity contribution < 1.29 is 36.9 Å². The van der Waals surface area contributed by atoms with Gasteiger partial charge in [0.1, 0.15) is 12.4 Å². The Morgan fingerprint density at radius 3 is 2.17 bits per heavy atom. The van der Waals surface area contributed by atoms with Gasteiger partial charge in [0.15, 0.2) is 11.5 Å². The third-order valence-corrected chi connectivity index (χ3v) is 5.54. The Kier molecular flexibility index (Phi) is 7.90. The maximum atomic E-state index is 12.9. The van der Waals surface area contributed by atoms with E-state index in [9.17, 15) is 13.2 Å². The van der Waals surface area contributed by atoms with Crippen LogP contribution in [0.3, 0.4) is 0 Å². The molecule has 0 heterocycles. The first-order valence-electron chi connectivity index (χ1n) is 8.87. The van der Waals surface area contributed by atoms with Gasteiger partial charge in [0.05, 0.1) is 44.1 Å². The summed E-state index contributed by atoms with van der Waals surface area (Å²) in [6.07, 6.45) is 0. The summed E-state index contributed by atoms with van der Waals surface area (Å²) in [4.78, 5) is 12.2. The fourth-order valence-electron chi connectivity index (χ4n) is 2.63. The van der Waals surface area contributed by atoms with Gasteiger partial charge < -0.3 is 23.7 Å². The molecule has 0 radical (unpaired) electrons. The van der Waals surface area contributed by atoms with E-state index in [1.54, 1.807) is 20.1 Å². The maximum absolute atomic E-state index is 12.9. The minimum Gasteiger partial charge on any atom is -0.493 e. The number of anilines is 1. The zero-order valence-electron chi connectivity index (χ0n) is 17.5. The third kappa shape index (κ3) is 5.33. The number of methoxy groups -OCH3 is 4. The van der Waals surface area contributed by atoms with Crippen LogP contribution < -0.4 is 18.9 Å². The molecule has 2 aromatic rings. The summed E-state index contributed by atoms with van der Waals surface area (Å²) in [7, 11) is 1.55. The van der Waals surface area contributed by atoms with Gasteiger partial charge in [-0.25, -0.2) is 13.2 Å². The van der Waals surface area contributed by atoms with Gasteiger partial charge in [0.25, 0.3) is 10.0 Å². The molecule has 0 fully saturated rings. The van der Waals surface area contributed by atoms with E-state index in [0.717, 1.165) is 0 Å². The van der Waals surface area contributed by atoms with E-state index >= 15 is 0 Å². The van der Waals surface area contributed by atoms with E-state index in [-0.39, 0.29) is 27.6 Å². The average Bonchev–Trinajstić information content (AvgIpc) is 2.73. The summed E-state index contributed by atoms with van der Waals surface area (Å²) in [6.45, 7) is 2.49. The molecule has 0 atom stereocenters. The topological polar surface area (TPSA) is 109 Å². The van der Waals surface area contributed by atoms with E-state index in [0.29, 0.717) is 24.5 Å². The fourth-order valence-corrected chi connectivity index (χ4v) is 3.79. The number of benzene rings is 2. The lowest BCUT2D eigenvalue weighted by atomic mass is 10.1. The van der Waals surface area contributed by atoms with E-state index < -0.39 is 16.0 Å². The third-order valence-electron chi connectivity index (χ3n) is 4.18. The lowest BCUT2D eigenvalue weighted by molar-refractivity contribution is 0.0601. The van der Waals surface area contributed by atoms with Crippen molar-refractivity contribution in [2.24, 2.45) is 0 Å². The highest BCUT2D eigenvalue weighted by Gasteiger charge is 2.23. The largest absolute Gasteiger partial charge is 0.493 e. The Morgan fingerprint density at radius 2 is 1.60 bits per heavy atom. The molecule has 9 nitrogen and oxygen atoms in total. The van der Waals surface area contributed by atoms with E-state index in [1.807, 2.05) is 0 Å². The highest BCUT2D eigenvalue weighted by molar-refractivity contribution is 7.92. The number of rotatable bonds is 10. The summed E-state index contributed by atoms with van der Waals surface area (Å²) in [5, 5.41) is 0. The molecule has 30 heavy (non-hydrogen) atoms. The van der Waals surface area contributed by atoms with E-state index in [1.165, 1.54) is 45.6 Å². The Balaban J connectivity index is 2.40. The number of carbonyl (C=O) groups is 1. The number of aryl methyl sites for hydroxylation is 1. The van der Waals surface area contributed by atoms with Crippen LogP contribution in [0.25, 0.3) is 0 Å². The lowest BCUT2D eigenvalue weighted by Gasteiger charge is -2.16. The molecule has 0 saturated heterocycles. The zero-order valence-corrected chi connectivity index (χ0v) is 18.3. The Labute approximate surface area is 175 Å². The van der Waals surface area contributed by atoms with Crippen LogP contribution in [0.2, 0.25) is 0 Å². The predicted molar refractivity (Wildman–Crippen MR) is 110 cm³/mol. The van der Waals surface area contributed by atoms with Crippen LogP contribution in [-0.2, 0) is 19.5 Å². The molecule has 10 heteroatoms. The van der Waals surface area contributed by atoms with Gasteiger partial charge in [-0.1, -0.05) is 0 Å². The van der Waals surface area contributed by atoms with Crippen LogP contribution in [0.1, 0.15) is 15.9 Å². The molecule has 0 aromatic heterocycles. The van der Waals surface area contributed by atoms with Crippen molar-refractivity contribution in [2.75, 3.05) is 46.4 Å². The van der Waals surface area contributed by atoms with Gasteiger partial charge in [-0.3, -0.25) is 4.72 Å². The Morgan fingerprint density at radius 1 is 0.933 bits per heavy atom. The quantitative estimate of drug-likeness (QED) is 0.444. The monoisotopic (exact) mass is 439 g/mol. The van der Waals surface area contributed by atoms with Crippen molar-refractivity contribution in [2.45, 2.75) is 11.8 Å². The number of sulfonamides is 1. The minimum atomic E-state index is -4.02. The van der Waals surface area contributed by atoms with Crippen molar-refractivity contribution >= 4 is 21.7 Å². The Hall–Kier alpha value is -2.98. The fraction of sp³-hybridized carbons (Fsp3) is 0.350. The van der Waals surface area contributed by atoms with Crippen molar-refractivity contribution in [3.63, 3.8) is 0 Å². The molecule has 1 N–H and O–H groups in total. The minimum absolute atomic E-state index is 0.00225. The normalized spacial score (nSPS) is 11.0. The maximum Gasteiger partial charge on any atom is 0.340 e. The number of nitrogens with one attached hydrogen (secondary N) is 1. The van der Waals surface area contributed by atoms with E-state index in [2.05, 4.69) is 4.72 Å². The number of ether oxygens (including phenoxy) is 5. The van der Waals surface area contributed by atoms with Crippen LogP contribution >= 0.6 is 0 Å². The highest BCUT2D eigenvalue weighted by atomic mass is 32.2. The van der Waals surface area contributed by atoms with Gasteiger partial charge in [0.2, 0.25) is 0 Å². The molecule has 0 aliphatic heterocycles. The van der Waals surface area contributed by atoms with Crippen LogP contribution in [0.5, 0.6) is 17.2 Å². The first kappa shape index (κ1) is 23.3. The second-order valence-electron chi connectivity index (χ2n) is 6.12. The number of esters is 1. The molecule has 0 saturated carbocycles. The number of hydrogen-bond donors (Lipinski definition) is 1. The van der Waals surface area contributed by atoms with Crippen molar-refractivity contribution in [3.8, 4) is 17.2 Å². The van der Waals surface area contributed by atoms with Crippen molar-refractivity contribution in [3.05, 3.63) is 41.5 Å². The van der Waals surface area contributed by atoms with Crippen LogP contribution in [0.15, 0.2) is 35.2 Å². The van der Waals surface area contributed by atoms with Crippen molar-refractivity contribution in [1.82, 2.24) is 0 Å². The van der Waals surface area contributed by atoms with Gasteiger partial charge >= 0.3 is 5.97 Å². The number of carbonyl (C=O) groups excluding carboxylic acids is 1. The second kappa shape index (κ2) is 10.2. The first-order chi connectivity index (χ1) is 14.3. The van der Waals surface area contributed by atoms with Gasteiger partial charge in [-0.15, -0.1) is 0 Å². The van der Waals surface area contributed by atoms with Gasteiger partial charge in [0, 0.05) is 19.2 Å². The number of hydrogen-bond acceptors (Lipinski definition) is 8. The molecule has 0 amide bonds. The van der Waals surface area contributed by atoms with Crippen LogP contribution in [0.4, 0.5) is 5.69 Å². The first-order valence-corrected chi connectivity index (χ1v) is 10.3. The molecule has 0 bridgehead atoms. The molecule has 0 aliphatic carbocycles. The summed E-state index contributed by atoms with van der Waals surface area (Å²) in [6, 6.07) is 7.16. The molecule has 0 aliphatic rings. The standard InChI is InChI=1S/C20H25NO8S/c1-13-10-14(6-7-17(13)29-9-8-25-2)30(23,24)21-16-12-19(27-4)18(26-3)11-15(16)20(22)28-5/h6-7,10-12,21H,8-9H2,1-5H3. The SMILES string of the molecule is COCCOc1ccc(S(=O)(=O)Nc2cc(OC)c(OC)cc2C(=O)OC)cc1C. The van der Waals surface area contributed by atoms with Gasteiger partial charge in [-0.05, 0) is 30.7 Å². The van der Waals surface area contributed by atoms with E-state index in [4.69, 9.17) is 23.7 Å². The second-order valence-corrected chi connectivity index (χ2v) is 7.80. The molecule has 0 spiro atoms. The lowest BCUT2D eigenvalue weighted by Crippen LogP contribution is -2.17. The zero-order chi connectivity index (χ0) is 22.3. The molecule has 2 aromatic carbocycles. The van der Waals surface area contributed by atoms with Gasteiger partial charge in [-0.2, -0.15) is 0 Å². The molecular weight excluding hydrogens is 414 g/mol. The summed E-state index contributed by atoms with van der Waals surface area (Å²) >= 11 is 0. The smallest absolute Gasteiger partial charge is 0.340 e.